The molecule has 2 aromatic rings. The lowest BCUT2D eigenvalue weighted by atomic mass is 9.81. The summed E-state index contributed by atoms with van der Waals surface area (Å²) in [5.41, 5.74) is 0.179. The number of ketones is 2. The fraction of sp³-hybridized carbons (Fsp3) is 0.190. The van der Waals surface area contributed by atoms with Gasteiger partial charge in [-0.1, -0.05) is 54.6 Å². The second kappa shape index (κ2) is 6.13. The summed E-state index contributed by atoms with van der Waals surface area (Å²) in [6, 6.07) is 15.3. The minimum absolute atomic E-state index is 0.0959. The van der Waals surface area contributed by atoms with E-state index in [9.17, 15) is 14.4 Å². The van der Waals surface area contributed by atoms with E-state index in [-0.39, 0.29) is 22.5 Å². The zero-order chi connectivity index (χ0) is 18.2. The summed E-state index contributed by atoms with van der Waals surface area (Å²) in [6.07, 6.45) is 0. The van der Waals surface area contributed by atoms with E-state index in [4.69, 9.17) is 4.74 Å². The van der Waals surface area contributed by atoms with Gasteiger partial charge in [-0.2, -0.15) is 0 Å². The van der Waals surface area contributed by atoms with Crippen molar-refractivity contribution in [2.24, 2.45) is 0 Å². The van der Waals surface area contributed by atoms with E-state index in [1.165, 1.54) is 0 Å². The summed E-state index contributed by atoms with van der Waals surface area (Å²) >= 11 is 0. The van der Waals surface area contributed by atoms with Gasteiger partial charge in [-0.15, -0.1) is 0 Å². The van der Waals surface area contributed by atoms with Gasteiger partial charge >= 0.3 is 5.97 Å². The van der Waals surface area contributed by atoms with E-state index < -0.39 is 17.4 Å². The number of benzene rings is 2. The molecule has 0 aliphatic heterocycles. The van der Waals surface area contributed by atoms with E-state index in [1.54, 1.807) is 75.4 Å². The molecule has 3 rings (SSSR count). The van der Waals surface area contributed by atoms with Crippen molar-refractivity contribution in [2.45, 2.75) is 26.4 Å². The van der Waals surface area contributed by atoms with Crippen molar-refractivity contribution in [1.29, 1.82) is 0 Å². The molecule has 0 heterocycles. The van der Waals surface area contributed by atoms with Crippen LogP contribution in [0.4, 0.5) is 0 Å². The number of hydrogen-bond acceptors (Lipinski definition) is 4. The lowest BCUT2D eigenvalue weighted by Gasteiger charge is -2.24. The highest BCUT2D eigenvalue weighted by Gasteiger charge is 2.38. The maximum absolute atomic E-state index is 13.0. The van der Waals surface area contributed by atoms with Crippen molar-refractivity contribution in [3.8, 4) is 0 Å². The van der Waals surface area contributed by atoms with Crippen molar-refractivity contribution >= 4 is 23.1 Å². The van der Waals surface area contributed by atoms with Crippen LogP contribution in [0, 0.1) is 0 Å². The number of Topliss-reactive ketones (excluding diaryl/α,β-unsaturated/α-hetero) is 2. The molecule has 1 aliphatic carbocycles. The largest absolute Gasteiger partial charge is 0.456 e. The first-order chi connectivity index (χ1) is 11.8. The molecule has 0 unspecified atom stereocenters. The van der Waals surface area contributed by atoms with Crippen LogP contribution in [0.15, 0.2) is 60.2 Å². The van der Waals surface area contributed by atoms with Gasteiger partial charge in [-0.25, -0.2) is 4.79 Å². The predicted octanol–water partition coefficient (Wildman–Crippen LogP) is 3.86. The van der Waals surface area contributed by atoms with Crippen molar-refractivity contribution in [3.63, 3.8) is 0 Å². The van der Waals surface area contributed by atoms with Gasteiger partial charge in [0.15, 0.2) is 5.78 Å². The van der Waals surface area contributed by atoms with E-state index >= 15 is 0 Å². The quantitative estimate of drug-likeness (QED) is 0.618. The van der Waals surface area contributed by atoms with Gasteiger partial charge in [-0.05, 0) is 26.3 Å². The Morgan fingerprint density at radius 1 is 0.800 bits per heavy atom. The number of allylic oxidation sites excluding steroid dienone is 1. The summed E-state index contributed by atoms with van der Waals surface area (Å²) in [6.45, 7) is 5.16. The van der Waals surface area contributed by atoms with Crippen molar-refractivity contribution in [1.82, 2.24) is 0 Å². The zero-order valence-electron chi connectivity index (χ0n) is 14.3. The van der Waals surface area contributed by atoms with Crippen LogP contribution in [0.1, 0.15) is 47.1 Å². The number of ether oxygens (including phenoxy) is 1. The van der Waals surface area contributed by atoms with Crippen LogP contribution >= 0.6 is 0 Å². The van der Waals surface area contributed by atoms with Gasteiger partial charge in [0.1, 0.15) is 11.2 Å². The third-order valence-electron chi connectivity index (χ3n) is 3.79. The molecule has 0 atom stereocenters. The fourth-order valence-electron chi connectivity index (χ4n) is 2.78. The summed E-state index contributed by atoms with van der Waals surface area (Å²) in [5.74, 6) is -1.61. The van der Waals surface area contributed by atoms with Crippen LogP contribution < -0.4 is 0 Å². The average Bonchev–Trinajstić information content (AvgIpc) is 2.57. The van der Waals surface area contributed by atoms with E-state index in [1.807, 2.05) is 0 Å². The molecule has 0 saturated carbocycles. The highest BCUT2D eigenvalue weighted by molar-refractivity contribution is 6.46. The number of fused-ring (bicyclic) bond motifs is 1. The molecule has 126 valence electrons. The Hall–Kier alpha value is -3.01. The molecule has 0 spiro atoms. The number of carbonyl (C=O) groups is 3. The molecule has 4 nitrogen and oxygen atoms in total. The summed E-state index contributed by atoms with van der Waals surface area (Å²) in [4.78, 5) is 38.7. The smallest absolute Gasteiger partial charge is 0.343 e. The molecule has 4 heteroatoms. The van der Waals surface area contributed by atoms with Gasteiger partial charge in [0.25, 0.3) is 0 Å². The van der Waals surface area contributed by atoms with Crippen LogP contribution in [-0.4, -0.2) is 23.1 Å². The lowest BCUT2D eigenvalue weighted by Crippen LogP contribution is -2.31. The maximum atomic E-state index is 13.0. The van der Waals surface area contributed by atoms with Crippen LogP contribution in [-0.2, 0) is 9.53 Å². The minimum Gasteiger partial charge on any atom is -0.456 e. The Labute approximate surface area is 146 Å². The first-order valence-corrected chi connectivity index (χ1v) is 8.01. The maximum Gasteiger partial charge on any atom is 0.343 e. The summed E-state index contributed by atoms with van der Waals surface area (Å²) < 4.78 is 5.39. The molecule has 0 fully saturated rings. The van der Waals surface area contributed by atoms with E-state index in [0.717, 1.165) is 0 Å². The highest BCUT2D eigenvalue weighted by atomic mass is 16.6. The first kappa shape index (κ1) is 16.8. The molecule has 0 N–H and O–H groups in total. The van der Waals surface area contributed by atoms with E-state index in [2.05, 4.69) is 0 Å². The minimum atomic E-state index is -0.779. The Bertz CT molecular complexity index is 899. The third-order valence-corrected chi connectivity index (χ3v) is 3.79. The van der Waals surface area contributed by atoms with Gasteiger partial charge < -0.3 is 4.74 Å². The third kappa shape index (κ3) is 3.15. The average molecular weight is 334 g/mol. The van der Waals surface area contributed by atoms with Crippen molar-refractivity contribution in [3.05, 3.63) is 76.9 Å². The predicted molar refractivity (Wildman–Crippen MR) is 94.3 cm³/mol. The van der Waals surface area contributed by atoms with Gasteiger partial charge in [0.05, 0.1) is 0 Å². The van der Waals surface area contributed by atoms with Crippen molar-refractivity contribution < 1.29 is 19.1 Å². The van der Waals surface area contributed by atoms with Crippen LogP contribution in [0.5, 0.6) is 0 Å². The van der Waals surface area contributed by atoms with E-state index in [0.29, 0.717) is 11.1 Å². The standard InChI is InChI=1S/C21H18O4/c1-21(2,3)25-20(24)17-16(13-9-5-4-6-10-13)18(22)14-11-7-8-12-15(14)19(17)23/h4-12H,1-3H3. The first-order valence-electron chi connectivity index (χ1n) is 8.01. The molecule has 0 radical (unpaired) electrons. The summed E-state index contributed by atoms with van der Waals surface area (Å²) in [5, 5.41) is 0. The monoisotopic (exact) mass is 334 g/mol. The second-order valence-corrected chi connectivity index (χ2v) is 6.82. The lowest BCUT2D eigenvalue weighted by molar-refractivity contribution is -0.149. The van der Waals surface area contributed by atoms with Crippen LogP contribution in [0.2, 0.25) is 0 Å². The van der Waals surface area contributed by atoms with Gasteiger partial charge in [0.2, 0.25) is 5.78 Å². The normalized spacial score (nSPS) is 14.4. The Kier molecular flexibility index (Phi) is 4.13. The molecular weight excluding hydrogens is 316 g/mol. The highest BCUT2D eigenvalue weighted by Crippen LogP contribution is 2.33. The molecule has 25 heavy (non-hydrogen) atoms. The summed E-state index contributed by atoms with van der Waals surface area (Å²) in [7, 11) is 0. The zero-order valence-corrected chi connectivity index (χ0v) is 14.3. The molecule has 0 amide bonds. The topological polar surface area (TPSA) is 60.4 Å². The Balaban J connectivity index is 2.24. The van der Waals surface area contributed by atoms with Gasteiger partial charge in [-0.3, -0.25) is 9.59 Å². The SMILES string of the molecule is CC(C)(C)OC(=O)C1=C(c2ccccc2)C(=O)c2ccccc2C1=O. The molecule has 2 aromatic carbocycles. The molecular formula is C21H18O4. The molecule has 0 saturated heterocycles. The Morgan fingerprint density at radius 3 is 1.88 bits per heavy atom. The van der Waals surface area contributed by atoms with Crippen LogP contribution in [0.3, 0.4) is 0 Å². The molecule has 0 aromatic heterocycles. The Morgan fingerprint density at radius 2 is 1.32 bits per heavy atom. The number of carbonyl (C=O) groups excluding carboxylic acids is 3. The fourth-order valence-corrected chi connectivity index (χ4v) is 2.78. The number of hydrogen-bond donors (Lipinski definition) is 0. The van der Waals surface area contributed by atoms with Crippen molar-refractivity contribution in [2.75, 3.05) is 0 Å². The molecule has 1 aliphatic rings. The molecule has 0 bridgehead atoms. The van der Waals surface area contributed by atoms with Crippen LogP contribution in [0.25, 0.3) is 5.57 Å². The number of esters is 1. The second-order valence-electron chi connectivity index (χ2n) is 6.82. The van der Waals surface area contributed by atoms with Gasteiger partial charge in [0, 0.05) is 16.7 Å². The number of rotatable bonds is 2.